The number of aromatic nitrogens is 3. The van der Waals surface area contributed by atoms with E-state index in [1.165, 1.54) is 18.7 Å². The third-order valence-corrected chi connectivity index (χ3v) is 4.00. The number of methoxy groups -OCH3 is 1. The van der Waals surface area contributed by atoms with Gasteiger partial charge in [-0.25, -0.2) is 5.10 Å². The fourth-order valence-electron chi connectivity index (χ4n) is 2.34. The summed E-state index contributed by atoms with van der Waals surface area (Å²) in [4.78, 5) is 11.1. The van der Waals surface area contributed by atoms with Crippen LogP contribution in [0.25, 0.3) is 11.4 Å². The van der Waals surface area contributed by atoms with Crippen molar-refractivity contribution in [3.05, 3.63) is 57.8 Å². The summed E-state index contributed by atoms with van der Waals surface area (Å²) < 4.78 is 12.2. The van der Waals surface area contributed by atoms with Crippen molar-refractivity contribution in [1.82, 2.24) is 14.9 Å². The lowest BCUT2D eigenvalue weighted by atomic mass is 10.2. The maximum absolute atomic E-state index is 11.1. The quantitative estimate of drug-likeness (QED) is 0.301. The molecule has 0 saturated heterocycles. The van der Waals surface area contributed by atoms with Gasteiger partial charge in [-0.05, 0) is 48.1 Å². The molecule has 0 unspecified atom stereocenters. The fourth-order valence-corrected chi connectivity index (χ4v) is 2.71. The highest BCUT2D eigenvalue weighted by atomic mass is 35.5. The van der Waals surface area contributed by atoms with Crippen LogP contribution in [0.4, 0.5) is 0 Å². The summed E-state index contributed by atoms with van der Waals surface area (Å²) >= 11 is 11.3. The topological polar surface area (TPSA) is 81.5 Å². The Balaban J connectivity index is 1.94. The number of esters is 1. The van der Waals surface area contributed by atoms with Crippen molar-refractivity contribution in [1.29, 1.82) is 0 Å². The number of hydrogen-bond acceptors (Lipinski definition) is 6. The summed E-state index contributed by atoms with van der Waals surface area (Å²) in [5.74, 6) is 0.856. The first-order chi connectivity index (χ1) is 13.0. The molecule has 1 heterocycles. The first kappa shape index (κ1) is 18.8. The number of ether oxygens (including phenoxy) is 2. The van der Waals surface area contributed by atoms with Crippen LogP contribution in [-0.4, -0.2) is 34.2 Å². The largest absolute Gasteiger partial charge is 0.493 e. The molecule has 3 aromatic rings. The van der Waals surface area contributed by atoms with Crippen LogP contribution in [0, 0.1) is 4.77 Å². The third-order valence-electron chi connectivity index (χ3n) is 3.50. The highest BCUT2D eigenvalue weighted by molar-refractivity contribution is 7.71. The third kappa shape index (κ3) is 4.42. The molecular weight excluding hydrogens is 388 g/mol. The van der Waals surface area contributed by atoms with Crippen LogP contribution in [0.1, 0.15) is 12.5 Å². The van der Waals surface area contributed by atoms with Crippen molar-refractivity contribution in [3.8, 4) is 22.9 Å². The van der Waals surface area contributed by atoms with E-state index in [-0.39, 0.29) is 0 Å². The van der Waals surface area contributed by atoms with Crippen LogP contribution < -0.4 is 9.47 Å². The van der Waals surface area contributed by atoms with Crippen molar-refractivity contribution in [2.75, 3.05) is 7.11 Å². The molecule has 0 fully saturated rings. The number of nitrogens with zero attached hydrogens (tertiary/aromatic N) is 3. The zero-order chi connectivity index (χ0) is 19.4. The molecule has 0 amide bonds. The van der Waals surface area contributed by atoms with Gasteiger partial charge in [-0.3, -0.25) is 4.79 Å². The van der Waals surface area contributed by atoms with Gasteiger partial charge in [0.25, 0.3) is 0 Å². The normalized spacial score (nSPS) is 10.9. The van der Waals surface area contributed by atoms with Crippen LogP contribution in [0.15, 0.2) is 47.6 Å². The van der Waals surface area contributed by atoms with Gasteiger partial charge in [-0.15, -0.1) is 0 Å². The molecule has 1 aromatic heterocycles. The maximum atomic E-state index is 11.1. The molecule has 0 radical (unpaired) electrons. The summed E-state index contributed by atoms with van der Waals surface area (Å²) in [6.45, 7) is 1.33. The minimum Gasteiger partial charge on any atom is -0.493 e. The van der Waals surface area contributed by atoms with E-state index in [0.717, 1.165) is 11.1 Å². The molecule has 27 heavy (non-hydrogen) atoms. The van der Waals surface area contributed by atoms with Crippen LogP contribution >= 0.6 is 23.8 Å². The lowest BCUT2D eigenvalue weighted by Gasteiger charge is -2.08. The molecular formula is C18H15ClN4O3S. The molecule has 0 saturated carbocycles. The molecule has 0 aliphatic rings. The zero-order valence-corrected chi connectivity index (χ0v) is 16.0. The second-order valence-corrected chi connectivity index (χ2v) is 6.25. The average Bonchev–Trinajstić information content (AvgIpc) is 3.01. The van der Waals surface area contributed by atoms with Crippen LogP contribution in [0.3, 0.4) is 0 Å². The number of halogens is 1. The monoisotopic (exact) mass is 402 g/mol. The lowest BCUT2D eigenvalue weighted by Crippen LogP contribution is -2.03. The summed E-state index contributed by atoms with van der Waals surface area (Å²) in [6.07, 6.45) is 1.60. The van der Waals surface area contributed by atoms with Gasteiger partial charge in [-0.2, -0.15) is 14.9 Å². The van der Waals surface area contributed by atoms with Gasteiger partial charge in [0, 0.05) is 17.5 Å². The minimum atomic E-state index is -0.425. The van der Waals surface area contributed by atoms with Gasteiger partial charge in [-0.1, -0.05) is 23.7 Å². The first-order valence-corrected chi connectivity index (χ1v) is 8.60. The Morgan fingerprint density at radius 1 is 1.30 bits per heavy atom. The van der Waals surface area contributed by atoms with E-state index in [1.807, 2.05) is 12.1 Å². The molecule has 2 aromatic carbocycles. The summed E-state index contributed by atoms with van der Waals surface area (Å²) in [7, 11) is 1.49. The molecule has 9 heteroatoms. The Morgan fingerprint density at radius 3 is 2.81 bits per heavy atom. The standard InChI is InChI=1S/C18H15ClN4O3S/c1-11(24)26-15-7-6-12(8-16(15)25-2)10-20-23-17(21-22-18(23)27)13-4-3-5-14(19)9-13/h3-10H,1-2H3,(H,22,27)/b20-10-. The fraction of sp³-hybridized carbons (Fsp3) is 0.111. The van der Waals surface area contributed by atoms with E-state index in [2.05, 4.69) is 15.3 Å². The van der Waals surface area contributed by atoms with Gasteiger partial charge in [0.1, 0.15) is 0 Å². The highest BCUT2D eigenvalue weighted by Gasteiger charge is 2.10. The number of aromatic amines is 1. The molecule has 0 spiro atoms. The van der Waals surface area contributed by atoms with E-state index < -0.39 is 5.97 Å². The smallest absolute Gasteiger partial charge is 0.308 e. The van der Waals surface area contributed by atoms with Gasteiger partial charge in [0.05, 0.1) is 13.3 Å². The Hall–Kier alpha value is -2.97. The number of rotatable bonds is 5. The number of carbonyl (C=O) groups is 1. The SMILES string of the molecule is COc1cc(/C=N\n2c(-c3cccc(Cl)c3)n[nH]c2=S)ccc1OC(C)=O. The van der Waals surface area contributed by atoms with Crippen molar-refractivity contribution in [3.63, 3.8) is 0 Å². The Bertz CT molecular complexity index is 1070. The maximum Gasteiger partial charge on any atom is 0.308 e. The van der Waals surface area contributed by atoms with E-state index in [4.69, 9.17) is 33.3 Å². The van der Waals surface area contributed by atoms with Gasteiger partial charge in [0.2, 0.25) is 4.77 Å². The van der Waals surface area contributed by atoms with Gasteiger partial charge >= 0.3 is 5.97 Å². The Labute approximate surface area is 165 Å². The van der Waals surface area contributed by atoms with E-state index in [0.29, 0.717) is 27.1 Å². The van der Waals surface area contributed by atoms with E-state index in [1.54, 1.807) is 36.5 Å². The van der Waals surface area contributed by atoms with Crippen molar-refractivity contribution in [2.45, 2.75) is 6.92 Å². The number of benzene rings is 2. The molecule has 7 nitrogen and oxygen atoms in total. The Morgan fingerprint density at radius 2 is 2.11 bits per heavy atom. The highest BCUT2D eigenvalue weighted by Crippen LogP contribution is 2.28. The number of hydrogen-bond donors (Lipinski definition) is 1. The number of nitrogens with one attached hydrogen (secondary N) is 1. The predicted molar refractivity (Wildman–Crippen MR) is 105 cm³/mol. The molecule has 0 aliphatic heterocycles. The van der Waals surface area contributed by atoms with Crippen LogP contribution in [-0.2, 0) is 4.79 Å². The Kier molecular flexibility index (Phi) is 5.68. The average molecular weight is 403 g/mol. The van der Waals surface area contributed by atoms with Crippen molar-refractivity contribution in [2.24, 2.45) is 5.10 Å². The summed E-state index contributed by atoms with van der Waals surface area (Å²) in [6, 6.07) is 12.3. The van der Waals surface area contributed by atoms with Gasteiger partial charge in [0.15, 0.2) is 17.3 Å². The second kappa shape index (κ2) is 8.15. The lowest BCUT2D eigenvalue weighted by molar-refractivity contribution is -0.132. The summed E-state index contributed by atoms with van der Waals surface area (Å²) in [5.41, 5.74) is 1.50. The molecule has 0 bridgehead atoms. The molecule has 138 valence electrons. The molecule has 1 N–H and O–H groups in total. The predicted octanol–water partition coefficient (Wildman–Crippen LogP) is 4.08. The number of H-pyrrole nitrogens is 1. The molecule has 0 atom stereocenters. The zero-order valence-electron chi connectivity index (χ0n) is 14.5. The summed E-state index contributed by atoms with van der Waals surface area (Å²) in [5, 5.41) is 11.9. The van der Waals surface area contributed by atoms with Crippen LogP contribution in [0.2, 0.25) is 5.02 Å². The van der Waals surface area contributed by atoms with E-state index >= 15 is 0 Å². The molecule has 0 aliphatic carbocycles. The van der Waals surface area contributed by atoms with Crippen molar-refractivity contribution >= 4 is 36.0 Å². The molecule has 3 rings (SSSR count). The minimum absolute atomic E-state index is 0.335. The van der Waals surface area contributed by atoms with E-state index in [9.17, 15) is 4.79 Å². The second-order valence-electron chi connectivity index (χ2n) is 5.42. The number of carbonyl (C=O) groups excluding carboxylic acids is 1. The van der Waals surface area contributed by atoms with Gasteiger partial charge < -0.3 is 9.47 Å². The first-order valence-electron chi connectivity index (χ1n) is 7.82. The van der Waals surface area contributed by atoms with Crippen molar-refractivity contribution < 1.29 is 14.3 Å². The van der Waals surface area contributed by atoms with Crippen LogP contribution in [0.5, 0.6) is 11.5 Å².